The van der Waals surface area contributed by atoms with Crippen molar-refractivity contribution in [3.05, 3.63) is 35.4 Å². The van der Waals surface area contributed by atoms with Crippen LogP contribution in [0.2, 0.25) is 0 Å². The van der Waals surface area contributed by atoms with Gasteiger partial charge in [-0.15, -0.1) is 0 Å². The van der Waals surface area contributed by atoms with Crippen LogP contribution in [-0.2, 0) is 26.1 Å². The van der Waals surface area contributed by atoms with Gasteiger partial charge in [-0.1, -0.05) is 24.3 Å². The van der Waals surface area contributed by atoms with Crippen molar-refractivity contribution in [2.45, 2.75) is 38.8 Å². The number of carbonyl (C=O) groups excluding carboxylic acids is 1. The van der Waals surface area contributed by atoms with E-state index in [1.807, 2.05) is 31.2 Å². The summed E-state index contributed by atoms with van der Waals surface area (Å²) in [5, 5.41) is 2.85. The van der Waals surface area contributed by atoms with E-state index in [4.69, 9.17) is 4.74 Å². The molecule has 0 aromatic heterocycles. The summed E-state index contributed by atoms with van der Waals surface area (Å²) >= 11 is 0. The maximum atomic E-state index is 12.0. The minimum Gasteiger partial charge on any atom is -0.377 e. The molecule has 1 atom stereocenters. The number of ether oxygens (including phenoxy) is 1. The van der Waals surface area contributed by atoms with E-state index in [1.54, 1.807) is 0 Å². The van der Waals surface area contributed by atoms with E-state index in [0.29, 0.717) is 19.7 Å². The fraction of sp³-hybridized carbons (Fsp3) is 0.588. The predicted octanol–water partition coefficient (Wildman–Crippen LogP) is 1.44. The molecule has 1 N–H and O–H groups in total. The first-order chi connectivity index (χ1) is 11.4. The highest BCUT2D eigenvalue weighted by atomic mass is 32.2. The number of nitrogens with zero attached hydrogens (tertiary/aromatic N) is 1. The Morgan fingerprint density at radius 2 is 2.12 bits per heavy atom. The second-order valence-electron chi connectivity index (χ2n) is 6.21. The Hall–Kier alpha value is -1.44. The molecule has 1 aromatic carbocycles. The molecule has 1 amide bonds. The Bertz CT molecular complexity index is 654. The van der Waals surface area contributed by atoms with Crippen LogP contribution < -0.4 is 5.32 Å². The third kappa shape index (κ3) is 5.89. The van der Waals surface area contributed by atoms with E-state index in [9.17, 15) is 13.2 Å². The van der Waals surface area contributed by atoms with Gasteiger partial charge in [0.05, 0.1) is 12.4 Å². The number of hydrogen-bond acceptors (Lipinski definition) is 4. The van der Waals surface area contributed by atoms with Gasteiger partial charge in [-0.05, 0) is 30.9 Å². The average molecular weight is 354 g/mol. The molecule has 0 aliphatic carbocycles. The molecule has 0 spiro atoms. The van der Waals surface area contributed by atoms with E-state index in [0.717, 1.165) is 24.0 Å². The Balaban J connectivity index is 1.82. The molecule has 24 heavy (non-hydrogen) atoms. The van der Waals surface area contributed by atoms with Crippen molar-refractivity contribution in [1.29, 1.82) is 0 Å². The molecular formula is C17H26N2O4S. The van der Waals surface area contributed by atoms with Crippen molar-refractivity contribution in [2.24, 2.45) is 0 Å². The summed E-state index contributed by atoms with van der Waals surface area (Å²) in [6.07, 6.45) is 3.08. The van der Waals surface area contributed by atoms with Crippen LogP contribution >= 0.6 is 0 Å². The van der Waals surface area contributed by atoms with Gasteiger partial charge in [-0.25, -0.2) is 8.42 Å². The monoisotopic (exact) mass is 354 g/mol. The van der Waals surface area contributed by atoms with Gasteiger partial charge in [0.15, 0.2) is 0 Å². The van der Waals surface area contributed by atoms with Crippen LogP contribution in [0.3, 0.4) is 0 Å². The topological polar surface area (TPSA) is 75.7 Å². The van der Waals surface area contributed by atoms with Gasteiger partial charge in [0.2, 0.25) is 15.9 Å². The summed E-state index contributed by atoms with van der Waals surface area (Å²) in [5.41, 5.74) is 2.18. The highest BCUT2D eigenvalue weighted by Crippen LogP contribution is 2.15. The number of hydrogen-bond donors (Lipinski definition) is 1. The van der Waals surface area contributed by atoms with Gasteiger partial charge in [0.25, 0.3) is 0 Å². The zero-order valence-electron chi connectivity index (χ0n) is 14.3. The van der Waals surface area contributed by atoms with Crippen molar-refractivity contribution in [2.75, 3.05) is 26.0 Å². The second-order valence-corrected chi connectivity index (χ2v) is 8.19. The van der Waals surface area contributed by atoms with Crippen LogP contribution in [0.1, 0.15) is 30.4 Å². The molecule has 1 saturated heterocycles. The fourth-order valence-corrected chi connectivity index (χ4v) is 3.58. The molecule has 0 saturated carbocycles. The summed E-state index contributed by atoms with van der Waals surface area (Å²) in [6, 6.07) is 7.85. The highest BCUT2D eigenvalue weighted by molar-refractivity contribution is 7.88. The summed E-state index contributed by atoms with van der Waals surface area (Å²) in [6.45, 7) is 3.63. The first kappa shape index (κ1) is 18.9. The minimum atomic E-state index is -3.35. The maximum absolute atomic E-state index is 12.0. The van der Waals surface area contributed by atoms with E-state index in [2.05, 4.69) is 5.32 Å². The standard InChI is InChI=1S/C17H26N2O4S/c1-14-6-3-4-7-15(14)12-18-17(20)9-10-19(24(2,21)22)13-16-8-5-11-23-16/h3-4,6-7,16H,5,8-13H2,1-2H3,(H,18,20). The number of nitrogens with one attached hydrogen (secondary N) is 1. The van der Waals surface area contributed by atoms with Gasteiger partial charge in [0.1, 0.15) is 0 Å². The van der Waals surface area contributed by atoms with Gasteiger partial charge >= 0.3 is 0 Å². The predicted molar refractivity (Wildman–Crippen MR) is 93.0 cm³/mol. The summed E-state index contributed by atoms with van der Waals surface area (Å²) in [5.74, 6) is -0.153. The Morgan fingerprint density at radius 1 is 1.38 bits per heavy atom. The first-order valence-corrected chi connectivity index (χ1v) is 10.1. The third-order valence-corrected chi connectivity index (χ3v) is 5.50. The van der Waals surface area contributed by atoms with Gasteiger partial charge in [-0.3, -0.25) is 4.79 Å². The quantitative estimate of drug-likeness (QED) is 0.766. The maximum Gasteiger partial charge on any atom is 0.221 e. The number of amides is 1. The average Bonchev–Trinajstić information content (AvgIpc) is 3.02. The lowest BCUT2D eigenvalue weighted by Crippen LogP contribution is -2.39. The smallest absolute Gasteiger partial charge is 0.221 e. The molecule has 1 aromatic rings. The van der Waals surface area contributed by atoms with Crippen LogP contribution in [0.5, 0.6) is 0 Å². The van der Waals surface area contributed by atoms with Gasteiger partial charge in [0, 0.05) is 32.7 Å². The fourth-order valence-electron chi connectivity index (χ4n) is 2.72. The summed E-state index contributed by atoms with van der Waals surface area (Å²) in [7, 11) is -3.35. The molecule has 1 aliphatic rings. The molecule has 1 aliphatic heterocycles. The zero-order valence-corrected chi connectivity index (χ0v) is 15.1. The van der Waals surface area contributed by atoms with Crippen molar-refractivity contribution >= 4 is 15.9 Å². The molecule has 6 nitrogen and oxygen atoms in total. The molecule has 0 radical (unpaired) electrons. The lowest BCUT2D eigenvalue weighted by atomic mass is 10.1. The lowest BCUT2D eigenvalue weighted by molar-refractivity contribution is -0.121. The molecule has 1 fully saturated rings. The van der Waals surface area contributed by atoms with Crippen molar-refractivity contribution in [3.63, 3.8) is 0 Å². The number of aryl methyl sites for hydroxylation is 1. The van der Waals surface area contributed by atoms with Gasteiger partial charge < -0.3 is 10.1 Å². The molecular weight excluding hydrogens is 328 g/mol. The lowest BCUT2D eigenvalue weighted by Gasteiger charge is -2.22. The van der Waals surface area contributed by atoms with Crippen molar-refractivity contribution in [1.82, 2.24) is 9.62 Å². The van der Waals surface area contributed by atoms with Crippen LogP contribution in [0.25, 0.3) is 0 Å². The molecule has 0 bridgehead atoms. The molecule has 7 heteroatoms. The largest absolute Gasteiger partial charge is 0.377 e. The number of sulfonamides is 1. The minimum absolute atomic E-state index is 0.0604. The van der Waals surface area contributed by atoms with E-state index in [1.165, 1.54) is 10.6 Å². The van der Waals surface area contributed by atoms with Crippen LogP contribution in [-0.4, -0.2) is 50.7 Å². The zero-order chi connectivity index (χ0) is 17.6. The van der Waals surface area contributed by atoms with Crippen molar-refractivity contribution in [3.8, 4) is 0 Å². The highest BCUT2D eigenvalue weighted by Gasteiger charge is 2.25. The molecule has 1 unspecified atom stereocenters. The SMILES string of the molecule is Cc1ccccc1CNC(=O)CCN(CC1CCCO1)S(C)(=O)=O. The van der Waals surface area contributed by atoms with E-state index >= 15 is 0 Å². The first-order valence-electron chi connectivity index (χ1n) is 8.24. The Morgan fingerprint density at radius 3 is 2.75 bits per heavy atom. The normalized spacial score (nSPS) is 18.0. The van der Waals surface area contributed by atoms with Gasteiger partial charge in [-0.2, -0.15) is 4.31 Å². The third-order valence-electron chi connectivity index (χ3n) is 4.23. The van der Waals surface area contributed by atoms with Crippen molar-refractivity contribution < 1.29 is 17.9 Å². The van der Waals surface area contributed by atoms with Crippen LogP contribution in [0.4, 0.5) is 0 Å². The van der Waals surface area contributed by atoms with Crippen LogP contribution in [0.15, 0.2) is 24.3 Å². The van der Waals surface area contributed by atoms with Crippen LogP contribution in [0, 0.1) is 6.92 Å². The Labute approximate surface area is 144 Å². The molecule has 134 valence electrons. The molecule has 2 rings (SSSR count). The second kappa shape index (κ2) is 8.60. The Kier molecular flexibility index (Phi) is 6.77. The van der Waals surface area contributed by atoms with E-state index < -0.39 is 10.0 Å². The molecule has 1 heterocycles. The number of rotatable bonds is 8. The number of benzene rings is 1. The van der Waals surface area contributed by atoms with E-state index in [-0.39, 0.29) is 25.0 Å². The summed E-state index contributed by atoms with van der Waals surface area (Å²) in [4.78, 5) is 12.0. The number of carbonyl (C=O) groups is 1. The summed E-state index contributed by atoms with van der Waals surface area (Å²) < 4.78 is 30.6.